The quantitative estimate of drug-likeness (QED) is 0.758. The summed E-state index contributed by atoms with van der Waals surface area (Å²) in [4.78, 5) is 19.6. The highest BCUT2D eigenvalue weighted by Gasteiger charge is 2.20. The van der Waals surface area contributed by atoms with Gasteiger partial charge in [0.15, 0.2) is 11.6 Å². The Hall–Kier alpha value is -2.77. The molecule has 3 heterocycles. The van der Waals surface area contributed by atoms with Gasteiger partial charge in [-0.1, -0.05) is 6.08 Å². The van der Waals surface area contributed by atoms with E-state index < -0.39 is 0 Å². The van der Waals surface area contributed by atoms with Crippen LogP contribution in [0.4, 0.5) is 5.82 Å². The average Bonchev–Trinajstić information content (AvgIpc) is 3.10. The number of hydrogen-bond acceptors (Lipinski definition) is 6. The number of allylic oxidation sites excluding steroid dienone is 1. The Labute approximate surface area is 128 Å². The number of carbonyl (C=O) groups excluding carboxylic acids is 1. The molecule has 3 rings (SSSR count). The molecule has 0 spiro atoms. The minimum Gasteiger partial charge on any atom is -0.352 e. The van der Waals surface area contributed by atoms with E-state index in [1.54, 1.807) is 23.2 Å². The number of amides is 1. The molecular formula is C14H17N7O. The number of nitrogens with zero attached hydrogens (tertiary/aromatic N) is 7. The smallest absolute Gasteiger partial charge is 0.246 e. The lowest BCUT2D eigenvalue weighted by Gasteiger charge is -2.34. The lowest BCUT2D eigenvalue weighted by molar-refractivity contribution is -0.126. The van der Waals surface area contributed by atoms with Crippen LogP contribution in [0.25, 0.3) is 5.82 Å². The van der Waals surface area contributed by atoms with Gasteiger partial charge in [-0.3, -0.25) is 4.79 Å². The molecule has 1 fully saturated rings. The molecule has 8 nitrogen and oxygen atoms in total. The summed E-state index contributed by atoms with van der Waals surface area (Å²) in [5.41, 5.74) is 0. The third kappa shape index (κ3) is 2.95. The van der Waals surface area contributed by atoms with E-state index in [0.717, 1.165) is 18.9 Å². The minimum absolute atomic E-state index is 0.0646. The third-order valence-corrected chi connectivity index (χ3v) is 3.51. The van der Waals surface area contributed by atoms with Crippen LogP contribution >= 0.6 is 0 Å². The normalized spacial score (nSPS) is 15.5. The highest BCUT2D eigenvalue weighted by Crippen LogP contribution is 2.14. The van der Waals surface area contributed by atoms with Crippen molar-refractivity contribution in [2.75, 3.05) is 31.1 Å². The van der Waals surface area contributed by atoms with Gasteiger partial charge >= 0.3 is 0 Å². The van der Waals surface area contributed by atoms with E-state index >= 15 is 0 Å². The predicted octanol–water partition coefficient (Wildman–Crippen LogP) is 0.282. The first kappa shape index (κ1) is 14.2. The second-order valence-electron chi connectivity index (χ2n) is 4.90. The second kappa shape index (κ2) is 6.33. The van der Waals surface area contributed by atoms with Crippen molar-refractivity contribution in [1.82, 2.24) is 29.9 Å². The van der Waals surface area contributed by atoms with Gasteiger partial charge in [-0.05, 0) is 25.1 Å². The topological polar surface area (TPSA) is 80.0 Å². The Morgan fingerprint density at radius 1 is 1.14 bits per heavy atom. The zero-order valence-corrected chi connectivity index (χ0v) is 12.3. The first-order valence-electron chi connectivity index (χ1n) is 7.13. The molecule has 0 aliphatic carbocycles. The monoisotopic (exact) mass is 299 g/mol. The van der Waals surface area contributed by atoms with Crippen LogP contribution in [0.15, 0.2) is 36.9 Å². The van der Waals surface area contributed by atoms with Crippen LogP contribution in [-0.2, 0) is 4.79 Å². The highest BCUT2D eigenvalue weighted by atomic mass is 16.2. The van der Waals surface area contributed by atoms with Gasteiger partial charge in [-0.15, -0.1) is 10.2 Å². The van der Waals surface area contributed by atoms with E-state index in [4.69, 9.17) is 0 Å². The molecule has 0 bridgehead atoms. The largest absolute Gasteiger partial charge is 0.352 e. The van der Waals surface area contributed by atoms with Gasteiger partial charge in [-0.2, -0.15) is 5.10 Å². The second-order valence-corrected chi connectivity index (χ2v) is 4.90. The zero-order valence-electron chi connectivity index (χ0n) is 12.3. The molecule has 2 aromatic heterocycles. The van der Waals surface area contributed by atoms with E-state index in [1.165, 1.54) is 6.33 Å². The molecule has 0 N–H and O–H groups in total. The maximum atomic E-state index is 11.8. The Morgan fingerprint density at radius 3 is 2.45 bits per heavy atom. The summed E-state index contributed by atoms with van der Waals surface area (Å²) in [5, 5.41) is 12.4. The van der Waals surface area contributed by atoms with E-state index in [1.807, 2.05) is 24.0 Å². The summed E-state index contributed by atoms with van der Waals surface area (Å²) >= 11 is 0. The van der Waals surface area contributed by atoms with Crippen LogP contribution in [0.1, 0.15) is 6.92 Å². The number of carbonyl (C=O) groups is 1. The standard InChI is InChI=1S/C14H17N7O/c1-2-3-14(22)20-8-6-19(7-9-20)12-4-5-13(18-17-12)21-11-15-10-16-21/h2-5,10-11H,6-9H2,1H3/b3-2+. The molecule has 2 aromatic rings. The fourth-order valence-electron chi connectivity index (χ4n) is 2.34. The van der Waals surface area contributed by atoms with Crippen molar-refractivity contribution >= 4 is 11.7 Å². The van der Waals surface area contributed by atoms with Crippen molar-refractivity contribution in [3.8, 4) is 5.82 Å². The number of rotatable bonds is 3. The molecule has 8 heteroatoms. The fourth-order valence-corrected chi connectivity index (χ4v) is 2.34. The molecular weight excluding hydrogens is 282 g/mol. The number of piperazine rings is 1. The van der Waals surface area contributed by atoms with E-state index in [-0.39, 0.29) is 5.91 Å². The molecule has 0 atom stereocenters. The van der Waals surface area contributed by atoms with Gasteiger partial charge in [0.05, 0.1) is 0 Å². The maximum Gasteiger partial charge on any atom is 0.246 e. The van der Waals surface area contributed by atoms with Gasteiger partial charge in [0.2, 0.25) is 5.91 Å². The molecule has 1 amide bonds. The number of anilines is 1. The molecule has 0 aromatic carbocycles. The average molecular weight is 299 g/mol. The van der Waals surface area contributed by atoms with Crippen LogP contribution in [0.2, 0.25) is 0 Å². The minimum atomic E-state index is 0.0646. The summed E-state index contributed by atoms with van der Waals surface area (Å²) in [6.07, 6.45) is 6.40. The van der Waals surface area contributed by atoms with Crippen molar-refractivity contribution < 1.29 is 4.79 Å². The molecule has 114 valence electrons. The third-order valence-electron chi connectivity index (χ3n) is 3.51. The van der Waals surface area contributed by atoms with Crippen LogP contribution in [0.3, 0.4) is 0 Å². The van der Waals surface area contributed by atoms with Crippen LogP contribution in [0, 0.1) is 0 Å². The molecule has 1 saturated heterocycles. The Kier molecular flexibility index (Phi) is 4.08. The molecule has 0 saturated carbocycles. The fraction of sp³-hybridized carbons (Fsp3) is 0.357. The summed E-state index contributed by atoms with van der Waals surface area (Å²) in [7, 11) is 0. The van der Waals surface area contributed by atoms with E-state index in [0.29, 0.717) is 18.9 Å². The SMILES string of the molecule is C/C=C/C(=O)N1CCN(c2ccc(-n3cncn3)nn2)CC1. The summed E-state index contributed by atoms with van der Waals surface area (Å²) in [6.45, 7) is 4.73. The first-order chi connectivity index (χ1) is 10.8. The molecule has 0 unspecified atom stereocenters. The van der Waals surface area contributed by atoms with Crippen molar-refractivity contribution in [3.05, 3.63) is 36.9 Å². The van der Waals surface area contributed by atoms with E-state index in [2.05, 4.69) is 25.2 Å². The van der Waals surface area contributed by atoms with Crippen molar-refractivity contribution in [3.63, 3.8) is 0 Å². The van der Waals surface area contributed by atoms with Gasteiger partial charge in [0, 0.05) is 26.2 Å². The molecule has 0 radical (unpaired) electrons. The van der Waals surface area contributed by atoms with Crippen molar-refractivity contribution in [1.29, 1.82) is 0 Å². The summed E-state index contributed by atoms with van der Waals surface area (Å²) in [6, 6.07) is 3.77. The lowest BCUT2D eigenvalue weighted by atomic mass is 10.3. The summed E-state index contributed by atoms with van der Waals surface area (Å²) < 4.78 is 1.56. The Balaban J connectivity index is 1.63. The van der Waals surface area contributed by atoms with Crippen LogP contribution < -0.4 is 4.90 Å². The maximum absolute atomic E-state index is 11.8. The highest BCUT2D eigenvalue weighted by molar-refractivity contribution is 5.87. The van der Waals surface area contributed by atoms with Crippen LogP contribution in [-0.4, -0.2) is 61.9 Å². The number of aromatic nitrogens is 5. The lowest BCUT2D eigenvalue weighted by Crippen LogP contribution is -2.48. The van der Waals surface area contributed by atoms with Crippen molar-refractivity contribution in [2.24, 2.45) is 0 Å². The molecule has 1 aliphatic rings. The predicted molar refractivity (Wildman–Crippen MR) is 80.6 cm³/mol. The van der Waals surface area contributed by atoms with Gasteiger partial charge < -0.3 is 9.80 Å². The molecule has 1 aliphatic heterocycles. The van der Waals surface area contributed by atoms with Gasteiger partial charge in [-0.25, -0.2) is 9.67 Å². The van der Waals surface area contributed by atoms with Crippen molar-refractivity contribution in [2.45, 2.75) is 6.92 Å². The summed E-state index contributed by atoms with van der Waals surface area (Å²) in [5.74, 6) is 1.50. The Morgan fingerprint density at radius 2 is 1.86 bits per heavy atom. The van der Waals surface area contributed by atoms with Crippen LogP contribution in [0.5, 0.6) is 0 Å². The number of hydrogen-bond donors (Lipinski definition) is 0. The van der Waals surface area contributed by atoms with E-state index in [9.17, 15) is 4.79 Å². The Bertz CT molecular complexity index is 642. The molecule has 22 heavy (non-hydrogen) atoms. The van der Waals surface area contributed by atoms with Gasteiger partial charge in [0.1, 0.15) is 12.7 Å². The zero-order chi connectivity index (χ0) is 15.4. The van der Waals surface area contributed by atoms with Gasteiger partial charge in [0.25, 0.3) is 0 Å². The first-order valence-corrected chi connectivity index (χ1v) is 7.13.